The Labute approximate surface area is 172 Å². The second kappa shape index (κ2) is 9.29. The van der Waals surface area contributed by atoms with E-state index in [1.54, 1.807) is 23.6 Å². The third-order valence-corrected chi connectivity index (χ3v) is 7.30. The Morgan fingerprint density at radius 3 is 2.20 bits per heavy atom. The van der Waals surface area contributed by atoms with Crippen LogP contribution in [0.1, 0.15) is 38.2 Å². The van der Waals surface area contributed by atoms with Gasteiger partial charge in [-0.3, -0.25) is 9.78 Å². The molecule has 12 heteroatoms. The molecular weight excluding hydrogens is 427 g/mol. The highest BCUT2D eigenvalue weighted by molar-refractivity contribution is 7.89. The summed E-state index contributed by atoms with van der Waals surface area (Å²) in [5, 5.41) is 7.12. The zero-order valence-corrected chi connectivity index (χ0v) is 17.2. The molecule has 3 rings (SSSR count). The van der Waals surface area contributed by atoms with E-state index in [4.69, 9.17) is 9.90 Å². The Morgan fingerprint density at radius 1 is 1.20 bits per heavy atom. The molecule has 1 N–H and O–H groups in total. The first-order valence-corrected chi connectivity index (χ1v) is 11.0. The number of carboxylic acids is 1. The third kappa shape index (κ3) is 5.69. The van der Waals surface area contributed by atoms with Crippen molar-refractivity contribution in [1.29, 1.82) is 0 Å². The quantitative estimate of drug-likeness (QED) is 0.751. The lowest BCUT2D eigenvalue weighted by Crippen LogP contribution is -2.54. The van der Waals surface area contributed by atoms with Crippen molar-refractivity contribution in [3.8, 4) is 0 Å². The van der Waals surface area contributed by atoms with Crippen LogP contribution in [0.4, 0.5) is 13.2 Å². The highest BCUT2D eigenvalue weighted by atomic mass is 32.2. The number of carbonyl (C=O) groups is 2. The Kier molecular flexibility index (Phi) is 7.45. The SMILES string of the molecule is CCS(=O)(=O)N1CCC2(CCC(=O)N2Cc2ccncc2)CC1.O=C(O)C(F)(F)F. The largest absolute Gasteiger partial charge is 0.490 e. The number of piperidine rings is 1. The van der Waals surface area contributed by atoms with Crippen LogP contribution in [-0.2, 0) is 26.2 Å². The maximum absolute atomic E-state index is 12.4. The number of pyridine rings is 1. The number of aliphatic carboxylic acids is 1. The minimum atomic E-state index is -5.08. The zero-order valence-electron chi connectivity index (χ0n) is 16.4. The van der Waals surface area contributed by atoms with Gasteiger partial charge in [-0.2, -0.15) is 13.2 Å². The Morgan fingerprint density at radius 2 is 1.73 bits per heavy atom. The van der Waals surface area contributed by atoms with E-state index in [1.807, 2.05) is 17.0 Å². The zero-order chi connectivity index (χ0) is 22.6. The maximum Gasteiger partial charge on any atom is 0.490 e. The molecule has 1 aromatic rings. The van der Waals surface area contributed by atoms with Crippen LogP contribution in [0.2, 0.25) is 0 Å². The molecule has 0 radical (unpaired) electrons. The summed E-state index contributed by atoms with van der Waals surface area (Å²) < 4.78 is 57.4. The molecule has 2 aliphatic heterocycles. The monoisotopic (exact) mass is 451 g/mol. The van der Waals surface area contributed by atoms with E-state index in [-0.39, 0.29) is 17.2 Å². The number of halogens is 3. The fourth-order valence-electron chi connectivity index (χ4n) is 3.68. The lowest BCUT2D eigenvalue weighted by atomic mass is 9.85. The predicted octanol–water partition coefficient (Wildman–Crippen LogP) is 2.02. The maximum atomic E-state index is 12.4. The van der Waals surface area contributed by atoms with Crippen molar-refractivity contribution in [2.75, 3.05) is 18.8 Å². The molecule has 8 nitrogen and oxygen atoms in total. The second-order valence-electron chi connectivity index (χ2n) is 7.16. The van der Waals surface area contributed by atoms with E-state index in [9.17, 15) is 26.4 Å². The summed E-state index contributed by atoms with van der Waals surface area (Å²) in [6, 6.07) is 3.85. The van der Waals surface area contributed by atoms with Gasteiger partial charge in [0, 0.05) is 44.0 Å². The predicted molar refractivity (Wildman–Crippen MR) is 101 cm³/mol. The molecule has 2 aliphatic rings. The van der Waals surface area contributed by atoms with Gasteiger partial charge in [-0.1, -0.05) is 0 Å². The molecule has 2 saturated heterocycles. The van der Waals surface area contributed by atoms with E-state index in [1.165, 1.54) is 0 Å². The van der Waals surface area contributed by atoms with Crippen molar-refractivity contribution in [1.82, 2.24) is 14.2 Å². The molecule has 168 valence electrons. The van der Waals surface area contributed by atoms with Crippen LogP contribution >= 0.6 is 0 Å². The van der Waals surface area contributed by atoms with Gasteiger partial charge in [0.25, 0.3) is 0 Å². The lowest BCUT2D eigenvalue weighted by molar-refractivity contribution is -0.192. The Hall–Kier alpha value is -2.21. The topological polar surface area (TPSA) is 108 Å². The van der Waals surface area contributed by atoms with E-state index >= 15 is 0 Å². The van der Waals surface area contributed by atoms with Gasteiger partial charge < -0.3 is 10.0 Å². The summed E-state index contributed by atoms with van der Waals surface area (Å²) >= 11 is 0. The number of carbonyl (C=O) groups excluding carboxylic acids is 1. The molecule has 0 aliphatic carbocycles. The van der Waals surface area contributed by atoms with Crippen molar-refractivity contribution < 1.29 is 36.3 Å². The lowest BCUT2D eigenvalue weighted by Gasteiger charge is -2.44. The molecule has 1 amide bonds. The average Bonchev–Trinajstić information content (AvgIpc) is 2.98. The number of sulfonamides is 1. The number of likely N-dealkylation sites (tertiary alicyclic amines) is 1. The summed E-state index contributed by atoms with van der Waals surface area (Å²) in [4.78, 5) is 27.2. The molecule has 30 heavy (non-hydrogen) atoms. The first kappa shape index (κ1) is 24.1. The van der Waals surface area contributed by atoms with E-state index < -0.39 is 22.2 Å². The molecule has 1 spiro atoms. The number of hydrogen-bond donors (Lipinski definition) is 1. The number of alkyl halides is 3. The highest BCUT2D eigenvalue weighted by Gasteiger charge is 2.47. The summed E-state index contributed by atoms with van der Waals surface area (Å²) in [6.07, 6.45) is 1.23. The molecule has 0 saturated carbocycles. The van der Waals surface area contributed by atoms with Crippen LogP contribution in [0.3, 0.4) is 0 Å². The molecule has 0 bridgehead atoms. The second-order valence-corrected chi connectivity index (χ2v) is 9.42. The van der Waals surface area contributed by atoms with Gasteiger partial charge >= 0.3 is 12.1 Å². The normalized spacial score (nSPS) is 19.5. The smallest absolute Gasteiger partial charge is 0.475 e. The summed E-state index contributed by atoms with van der Waals surface area (Å²) in [7, 11) is -3.14. The van der Waals surface area contributed by atoms with Crippen LogP contribution in [0.15, 0.2) is 24.5 Å². The summed E-state index contributed by atoms with van der Waals surface area (Å²) in [5.41, 5.74) is 0.887. The van der Waals surface area contributed by atoms with E-state index in [0.717, 1.165) is 24.8 Å². The number of amides is 1. The van der Waals surface area contributed by atoms with Gasteiger partial charge in [0.05, 0.1) is 5.75 Å². The van der Waals surface area contributed by atoms with Gasteiger partial charge in [0.15, 0.2) is 0 Å². The van der Waals surface area contributed by atoms with Crippen molar-refractivity contribution >= 4 is 21.9 Å². The van der Waals surface area contributed by atoms with Crippen LogP contribution in [0.25, 0.3) is 0 Å². The van der Waals surface area contributed by atoms with Crippen LogP contribution in [-0.4, -0.2) is 70.1 Å². The Bertz CT molecular complexity index is 854. The molecule has 0 aromatic carbocycles. The average molecular weight is 451 g/mol. The molecule has 2 fully saturated rings. The number of aromatic nitrogens is 1. The molecule has 0 atom stereocenters. The summed E-state index contributed by atoms with van der Waals surface area (Å²) in [5.74, 6) is -2.44. The molecule has 3 heterocycles. The minimum absolute atomic E-state index is 0.139. The van der Waals surface area contributed by atoms with Gasteiger partial charge in [-0.05, 0) is 43.9 Å². The molecule has 1 aromatic heterocycles. The molecular formula is C18H24F3N3O5S. The van der Waals surface area contributed by atoms with E-state index in [0.29, 0.717) is 26.1 Å². The van der Waals surface area contributed by atoms with Crippen LogP contribution in [0, 0.1) is 0 Å². The fraction of sp³-hybridized carbons (Fsp3) is 0.611. The summed E-state index contributed by atoms with van der Waals surface area (Å²) in [6.45, 7) is 3.28. The number of hydrogen-bond acceptors (Lipinski definition) is 5. The van der Waals surface area contributed by atoms with Gasteiger partial charge in [-0.25, -0.2) is 17.5 Å². The standard InChI is InChI=1S/C16H23N3O3S.C2HF3O2/c1-2-23(21,22)18-11-7-16(8-12-18)6-3-15(20)19(16)13-14-4-9-17-10-5-14;3-2(4,5)1(6)7/h4-5,9-10H,2-3,6-8,11-13H2,1H3;(H,6,7). The van der Waals surface area contributed by atoms with Gasteiger partial charge in [0.1, 0.15) is 0 Å². The Balaban J connectivity index is 0.000000396. The number of rotatable bonds is 4. The van der Waals surface area contributed by atoms with Crippen LogP contribution in [0.5, 0.6) is 0 Å². The van der Waals surface area contributed by atoms with Gasteiger partial charge in [-0.15, -0.1) is 0 Å². The first-order valence-electron chi connectivity index (χ1n) is 9.38. The van der Waals surface area contributed by atoms with Crippen LogP contribution < -0.4 is 0 Å². The van der Waals surface area contributed by atoms with Crippen molar-refractivity contribution in [2.45, 2.75) is 50.9 Å². The number of nitrogens with zero attached hydrogens (tertiary/aromatic N) is 3. The van der Waals surface area contributed by atoms with Gasteiger partial charge in [0.2, 0.25) is 15.9 Å². The van der Waals surface area contributed by atoms with Crippen molar-refractivity contribution in [2.24, 2.45) is 0 Å². The van der Waals surface area contributed by atoms with E-state index in [2.05, 4.69) is 4.98 Å². The fourth-order valence-corrected chi connectivity index (χ4v) is 4.79. The number of carboxylic acid groups (broad SMARTS) is 1. The third-order valence-electron chi connectivity index (χ3n) is 5.42. The van der Waals surface area contributed by atoms with Crippen molar-refractivity contribution in [3.05, 3.63) is 30.1 Å². The highest BCUT2D eigenvalue weighted by Crippen LogP contribution is 2.40. The first-order chi connectivity index (χ1) is 13.9. The molecule has 0 unspecified atom stereocenters. The van der Waals surface area contributed by atoms with Crippen molar-refractivity contribution in [3.63, 3.8) is 0 Å². The minimum Gasteiger partial charge on any atom is -0.475 e.